The molecule has 1 saturated heterocycles. The summed E-state index contributed by atoms with van der Waals surface area (Å²) in [5, 5.41) is 12.9. The highest BCUT2D eigenvalue weighted by Gasteiger charge is 2.36. The van der Waals surface area contributed by atoms with E-state index in [1.807, 2.05) is 13.0 Å². The van der Waals surface area contributed by atoms with Crippen molar-refractivity contribution < 1.29 is 17.9 Å². The second kappa shape index (κ2) is 9.84. The summed E-state index contributed by atoms with van der Waals surface area (Å²) >= 11 is 0. The van der Waals surface area contributed by atoms with E-state index in [0.717, 1.165) is 12.6 Å². The lowest BCUT2D eigenvalue weighted by molar-refractivity contribution is -0.140. The third-order valence-corrected chi connectivity index (χ3v) is 6.46. The lowest BCUT2D eigenvalue weighted by Crippen LogP contribution is -2.56. The number of nitrogens with one attached hydrogen (secondary N) is 1. The van der Waals surface area contributed by atoms with Crippen molar-refractivity contribution in [2.45, 2.75) is 45.6 Å². The van der Waals surface area contributed by atoms with E-state index in [-0.39, 0.29) is 28.7 Å². The molecule has 2 atom stereocenters. The van der Waals surface area contributed by atoms with Crippen molar-refractivity contribution in [2.24, 2.45) is 13.0 Å². The number of pyridine rings is 1. The van der Waals surface area contributed by atoms with Gasteiger partial charge in [-0.2, -0.15) is 18.4 Å². The molecule has 3 heterocycles. The molecule has 0 aliphatic carbocycles. The summed E-state index contributed by atoms with van der Waals surface area (Å²) in [4.78, 5) is 10.5. The Morgan fingerprint density at radius 1 is 1.29 bits per heavy atom. The number of halogens is 3. The molecule has 1 aliphatic heterocycles. The Morgan fingerprint density at radius 2 is 2.06 bits per heavy atom. The highest BCUT2D eigenvalue weighted by molar-refractivity contribution is 5.84. The maximum absolute atomic E-state index is 14.1. The molecule has 0 spiro atoms. The Hall–Kier alpha value is -3.16. The van der Waals surface area contributed by atoms with Gasteiger partial charge >= 0.3 is 6.18 Å². The number of rotatable bonds is 6. The van der Waals surface area contributed by atoms with E-state index < -0.39 is 18.0 Å². The molecule has 0 amide bonds. The van der Waals surface area contributed by atoms with Crippen molar-refractivity contribution in [3.63, 3.8) is 0 Å². The second-order valence-corrected chi connectivity index (χ2v) is 9.18. The Bertz CT molecular complexity index is 1250. The maximum Gasteiger partial charge on any atom is 0.419 e. The number of aromatic nitrogens is 3. The number of nitrogens with zero attached hydrogens (tertiary/aromatic N) is 5. The van der Waals surface area contributed by atoms with Crippen molar-refractivity contribution in [1.82, 2.24) is 24.8 Å². The number of ether oxygens (including phenoxy) is 1. The van der Waals surface area contributed by atoms with Gasteiger partial charge in [-0.25, -0.2) is 9.97 Å². The number of aryl methyl sites for hydroxylation is 1. The van der Waals surface area contributed by atoms with Gasteiger partial charge in [-0.1, -0.05) is 20.8 Å². The van der Waals surface area contributed by atoms with E-state index in [4.69, 9.17) is 4.74 Å². The summed E-state index contributed by atoms with van der Waals surface area (Å²) in [5.74, 6) is 0.192. The van der Waals surface area contributed by atoms with E-state index in [1.165, 1.54) is 6.07 Å². The molecule has 1 N–H and O–H groups in total. The topological polar surface area (TPSA) is 79.0 Å². The van der Waals surface area contributed by atoms with Gasteiger partial charge in [0.05, 0.1) is 23.1 Å². The number of piperazine rings is 1. The van der Waals surface area contributed by atoms with Gasteiger partial charge in [0.1, 0.15) is 17.3 Å². The molecule has 1 aromatic carbocycles. The molecule has 0 bridgehead atoms. The van der Waals surface area contributed by atoms with Gasteiger partial charge < -0.3 is 14.6 Å². The smallest absolute Gasteiger partial charge is 0.419 e. The molecule has 3 aromatic rings. The van der Waals surface area contributed by atoms with Gasteiger partial charge in [-0.15, -0.1) is 0 Å². The van der Waals surface area contributed by atoms with Gasteiger partial charge in [0, 0.05) is 38.3 Å². The lowest BCUT2D eigenvalue weighted by atomic mass is 10.0. The molecule has 1 fully saturated rings. The quantitative estimate of drug-likeness (QED) is 0.550. The first-order chi connectivity index (χ1) is 16.6. The predicted molar refractivity (Wildman–Crippen MR) is 127 cm³/mol. The molecule has 186 valence electrons. The van der Waals surface area contributed by atoms with Gasteiger partial charge in [-0.3, -0.25) is 4.90 Å². The molecule has 35 heavy (non-hydrogen) atoms. The molecule has 7 nitrogen and oxygen atoms in total. The second-order valence-electron chi connectivity index (χ2n) is 9.18. The number of alkyl halides is 3. The van der Waals surface area contributed by atoms with Crippen molar-refractivity contribution in [3.8, 4) is 23.1 Å². The number of fused-ring (bicyclic) bond motifs is 1. The highest BCUT2D eigenvalue weighted by Crippen LogP contribution is 2.39. The first kappa shape index (κ1) is 24.9. The van der Waals surface area contributed by atoms with Crippen LogP contribution in [0.1, 0.15) is 38.4 Å². The summed E-state index contributed by atoms with van der Waals surface area (Å²) in [6.07, 6.45) is -3.00. The molecule has 1 aliphatic rings. The van der Waals surface area contributed by atoms with Crippen molar-refractivity contribution >= 4 is 11.0 Å². The third-order valence-electron chi connectivity index (χ3n) is 6.46. The van der Waals surface area contributed by atoms with Crippen molar-refractivity contribution in [1.29, 1.82) is 5.26 Å². The number of nitriles is 1. The molecule has 0 radical (unpaired) electrons. The summed E-state index contributed by atoms with van der Waals surface area (Å²) in [5.41, 5.74) is 0.745. The minimum absolute atomic E-state index is 0.0662. The van der Waals surface area contributed by atoms with Crippen LogP contribution in [0, 0.1) is 17.2 Å². The first-order valence-electron chi connectivity index (χ1n) is 11.7. The van der Waals surface area contributed by atoms with Crippen molar-refractivity contribution in [3.05, 3.63) is 41.9 Å². The first-order valence-corrected chi connectivity index (χ1v) is 11.7. The minimum atomic E-state index is -4.62. The number of imidazole rings is 1. The molecule has 4 rings (SSSR count). The van der Waals surface area contributed by atoms with E-state index in [9.17, 15) is 18.4 Å². The highest BCUT2D eigenvalue weighted by atomic mass is 19.4. The van der Waals surface area contributed by atoms with E-state index >= 15 is 0 Å². The normalized spacial score (nSPS) is 18.1. The zero-order chi connectivity index (χ0) is 25.3. The number of hydrogen-bond donors (Lipinski definition) is 1. The van der Waals surface area contributed by atoms with Gasteiger partial charge in [0.25, 0.3) is 0 Å². The average molecular weight is 487 g/mol. The zero-order valence-electron chi connectivity index (χ0n) is 20.2. The van der Waals surface area contributed by atoms with Crippen LogP contribution in [0.5, 0.6) is 5.75 Å². The standard InChI is InChI=1S/C25H29F3N6O/c1-5-23(34-9-8-30-20(13-34)15(2)3)35-22-7-6-16(10-17(22)25(26,27)28)18-11-21-24(19(12-29)32-18)31-14-33(21)4/h6-7,10-11,14-15,20,23,30H,5,8-9,13H2,1-4H3. The van der Waals surface area contributed by atoms with Gasteiger partial charge in [-0.05, 0) is 36.6 Å². The predicted octanol–water partition coefficient (Wildman–Crippen LogP) is 4.57. The summed E-state index contributed by atoms with van der Waals surface area (Å²) in [6.45, 7) is 8.33. The van der Waals surface area contributed by atoms with Crippen LogP contribution in [-0.4, -0.2) is 51.3 Å². The molecular weight excluding hydrogens is 457 g/mol. The lowest BCUT2D eigenvalue weighted by Gasteiger charge is -2.40. The van der Waals surface area contributed by atoms with Crippen LogP contribution >= 0.6 is 0 Å². The molecule has 2 unspecified atom stereocenters. The van der Waals surface area contributed by atoms with Crippen LogP contribution in [0.15, 0.2) is 30.6 Å². The number of benzene rings is 1. The van der Waals surface area contributed by atoms with Crippen LogP contribution in [0.4, 0.5) is 13.2 Å². The molecule has 10 heteroatoms. The Balaban J connectivity index is 1.69. The van der Waals surface area contributed by atoms with Crippen LogP contribution < -0.4 is 10.1 Å². The Labute approximate surface area is 202 Å². The number of hydrogen-bond acceptors (Lipinski definition) is 6. The van der Waals surface area contributed by atoms with Gasteiger partial charge in [0.15, 0.2) is 11.9 Å². The SMILES string of the molecule is CCC(Oc1ccc(-c2cc3c(ncn3C)c(C#N)n2)cc1C(F)(F)F)N1CCNC(C(C)C)C1. The van der Waals surface area contributed by atoms with E-state index in [0.29, 0.717) is 36.5 Å². The van der Waals surface area contributed by atoms with Crippen LogP contribution in [0.3, 0.4) is 0 Å². The summed E-state index contributed by atoms with van der Waals surface area (Å²) < 4.78 is 50.1. The van der Waals surface area contributed by atoms with Crippen LogP contribution in [0.2, 0.25) is 0 Å². The fraction of sp³-hybridized carbons (Fsp3) is 0.480. The summed E-state index contributed by atoms with van der Waals surface area (Å²) in [6, 6.07) is 7.83. The molecule has 0 saturated carbocycles. The monoisotopic (exact) mass is 486 g/mol. The third kappa shape index (κ3) is 5.11. The fourth-order valence-corrected chi connectivity index (χ4v) is 4.44. The van der Waals surface area contributed by atoms with E-state index in [2.05, 4.69) is 34.0 Å². The summed E-state index contributed by atoms with van der Waals surface area (Å²) in [7, 11) is 1.75. The zero-order valence-corrected chi connectivity index (χ0v) is 20.2. The van der Waals surface area contributed by atoms with Crippen LogP contribution in [-0.2, 0) is 13.2 Å². The largest absolute Gasteiger partial charge is 0.474 e. The Kier molecular flexibility index (Phi) is 7.01. The van der Waals surface area contributed by atoms with E-state index in [1.54, 1.807) is 30.1 Å². The average Bonchev–Trinajstić information content (AvgIpc) is 3.22. The van der Waals surface area contributed by atoms with Gasteiger partial charge in [0.2, 0.25) is 0 Å². The molecular formula is C25H29F3N6O. The fourth-order valence-electron chi connectivity index (χ4n) is 4.44. The molecule has 2 aromatic heterocycles. The van der Waals surface area contributed by atoms with Crippen molar-refractivity contribution in [2.75, 3.05) is 19.6 Å². The maximum atomic E-state index is 14.1. The Morgan fingerprint density at radius 3 is 2.71 bits per heavy atom. The van der Waals surface area contributed by atoms with Crippen LogP contribution in [0.25, 0.3) is 22.3 Å². The minimum Gasteiger partial charge on any atom is -0.474 e.